The standard InChI is InChI=1S/C11H13NO2/c13-10-3-1-2-8(4-10)12-6-11-5-9(12)7-14-11/h1-4,9,11,13H,5-7H2. The molecule has 2 bridgehead atoms. The summed E-state index contributed by atoms with van der Waals surface area (Å²) in [5.41, 5.74) is 1.11. The van der Waals surface area contributed by atoms with Crippen molar-refractivity contribution in [3.63, 3.8) is 0 Å². The Morgan fingerprint density at radius 2 is 2.36 bits per heavy atom. The molecular weight excluding hydrogens is 178 g/mol. The SMILES string of the molecule is Oc1cccc(N2CC3CC2CO3)c1. The molecule has 3 nitrogen and oxygen atoms in total. The van der Waals surface area contributed by atoms with Crippen LogP contribution in [0.15, 0.2) is 24.3 Å². The first-order valence-corrected chi connectivity index (χ1v) is 5.00. The van der Waals surface area contributed by atoms with Crippen molar-refractivity contribution in [3.8, 4) is 5.75 Å². The first kappa shape index (κ1) is 8.12. The third kappa shape index (κ3) is 1.16. The molecule has 0 saturated carbocycles. The van der Waals surface area contributed by atoms with Gasteiger partial charge in [-0.2, -0.15) is 0 Å². The minimum atomic E-state index is 0.339. The number of phenolic OH excluding ortho intramolecular Hbond substituents is 1. The van der Waals surface area contributed by atoms with E-state index in [2.05, 4.69) is 4.90 Å². The van der Waals surface area contributed by atoms with E-state index >= 15 is 0 Å². The first-order chi connectivity index (χ1) is 6.83. The summed E-state index contributed by atoms with van der Waals surface area (Å²) in [6, 6.07) is 7.97. The molecule has 3 heteroatoms. The van der Waals surface area contributed by atoms with Crippen LogP contribution in [0.3, 0.4) is 0 Å². The van der Waals surface area contributed by atoms with Gasteiger partial charge in [-0.05, 0) is 18.6 Å². The van der Waals surface area contributed by atoms with E-state index in [9.17, 15) is 5.11 Å². The lowest BCUT2D eigenvalue weighted by molar-refractivity contribution is 0.0991. The second-order valence-corrected chi connectivity index (χ2v) is 4.02. The highest BCUT2D eigenvalue weighted by Crippen LogP contribution is 2.33. The van der Waals surface area contributed by atoms with Crippen LogP contribution in [0.2, 0.25) is 0 Å². The molecule has 2 atom stereocenters. The van der Waals surface area contributed by atoms with Crippen molar-refractivity contribution in [1.29, 1.82) is 0 Å². The smallest absolute Gasteiger partial charge is 0.117 e. The zero-order valence-electron chi connectivity index (χ0n) is 7.89. The van der Waals surface area contributed by atoms with Gasteiger partial charge < -0.3 is 14.7 Å². The van der Waals surface area contributed by atoms with E-state index in [1.54, 1.807) is 6.07 Å². The fourth-order valence-corrected chi connectivity index (χ4v) is 2.39. The van der Waals surface area contributed by atoms with Gasteiger partial charge in [0.05, 0.1) is 18.8 Å². The molecule has 2 aliphatic rings. The van der Waals surface area contributed by atoms with Gasteiger partial charge in [0, 0.05) is 18.3 Å². The third-order valence-corrected chi connectivity index (χ3v) is 3.06. The molecular formula is C11H13NO2. The number of aromatic hydroxyl groups is 1. The summed E-state index contributed by atoms with van der Waals surface area (Å²) in [6.07, 6.45) is 1.54. The Hall–Kier alpha value is -1.22. The second kappa shape index (κ2) is 2.89. The van der Waals surface area contributed by atoms with Crippen LogP contribution in [0, 0.1) is 0 Å². The largest absolute Gasteiger partial charge is 0.508 e. The minimum absolute atomic E-state index is 0.339. The maximum absolute atomic E-state index is 9.39. The Bertz CT molecular complexity index is 353. The van der Waals surface area contributed by atoms with E-state index in [1.807, 2.05) is 18.2 Å². The Balaban J connectivity index is 1.89. The number of hydrogen-bond acceptors (Lipinski definition) is 3. The minimum Gasteiger partial charge on any atom is -0.508 e. The van der Waals surface area contributed by atoms with Crippen LogP contribution < -0.4 is 4.90 Å². The van der Waals surface area contributed by atoms with E-state index in [1.165, 1.54) is 0 Å². The van der Waals surface area contributed by atoms with Gasteiger partial charge in [-0.25, -0.2) is 0 Å². The molecule has 2 fully saturated rings. The predicted octanol–water partition coefficient (Wildman–Crippen LogP) is 1.37. The predicted molar refractivity (Wildman–Crippen MR) is 53.6 cm³/mol. The monoisotopic (exact) mass is 191 g/mol. The molecule has 0 spiro atoms. The summed E-state index contributed by atoms with van der Waals surface area (Å²) < 4.78 is 5.53. The normalized spacial score (nSPS) is 29.9. The molecule has 2 heterocycles. The molecule has 2 saturated heterocycles. The van der Waals surface area contributed by atoms with Gasteiger partial charge in [-0.3, -0.25) is 0 Å². The van der Waals surface area contributed by atoms with Crippen LogP contribution >= 0.6 is 0 Å². The molecule has 14 heavy (non-hydrogen) atoms. The summed E-state index contributed by atoms with van der Waals surface area (Å²) in [7, 11) is 0. The van der Waals surface area contributed by atoms with Gasteiger partial charge in [0.25, 0.3) is 0 Å². The maximum atomic E-state index is 9.39. The van der Waals surface area contributed by atoms with Crippen LogP contribution in [-0.4, -0.2) is 30.4 Å². The highest BCUT2D eigenvalue weighted by molar-refractivity contribution is 5.52. The van der Waals surface area contributed by atoms with Gasteiger partial charge >= 0.3 is 0 Å². The lowest BCUT2D eigenvalue weighted by Crippen LogP contribution is -2.36. The zero-order chi connectivity index (χ0) is 9.54. The van der Waals surface area contributed by atoms with Crippen molar-refractivity contribution < 1.29 is 9.84 Å². The molecule has 1 aromatic carbocycles. The molecule has 3 rings (SSSR count). The van der Waals surface area contributed by atoms with Crippen LogP contribution in [0.5, 0.6) is 5.75 Å². The molecule has 2 aliphatic heterocycles. The fourth-order valence-electron chi connectivity index (χ4n) is 2.39. The van der Waals surface area contributed by atoms with Crippen molar-refractivity contribution in [2.75, 3.05) is 18.1 Å². The van der Waals surface area contributed by atoms with Crippen LogP contribution in [0.1, 0.15) is 6.42 Å². The number of fused-ring (bicyclic) bond motifs is 2. The summed E-state index contributed by atoms with van der Waals surface area (Å²) in [6.45, 7) is 1.80. The maximum Gasteiger partial charge on any atom is 0.117 e. The summed E-state index contributed by atoms with van der Waals surface area (Å²) in [4.78, 5) is 2.33. The average molecular weight is 191 g/mol. The molecule has 0 amide bonds. The van der Waals surface area contributed by atoms with Gasteiger partial charge in [0.15, 0.2) is 0 Å². The Kier molecular flexibility index (Phi) is 1.67. The quantitative estimate of drug-likeness (QED) is 0.727. The number of nitrogens with zero attached hydrogens (tertiary/aromatic N) is 1. The number of rotatable bonds is 1. The summed E-state index contributed by atoms with van der Waals surface area (Å²) in [5, 5.41) is 9.39. The molecule has 0 radical (unpaired) electrons. The number of morpholine rings is 1. The number of phenols is 1. The van der Waals surface area contributed by atoms with Gasteiger partial charge in [0.2, 0.25) is 0 Å². The van der Waals surface area contributed by atoms with Gasteiger partial charge in [0.1, 0.15) is 5.75 Å². The zero-order valence-corrected chi connectivity index (χ0v) is 7.89. The van der Waals surface area contributed by atoms with Crippen molar-refractivity contribution >= 4 is 5.69 Å². The van der Waals surface area contributed by atoms with Crippen molar-refractivity contribution in [1.82, 2.24) is 0 Å². The Morgan fingerprint density at radius 1 is 1.43 bits per heavy atom. The first-order valence-electron chi connectivity index (χ1n) is 5.00. The van der Waals surface area contributed by atoms with Crippen molar-refractivity contribution in [2.24, 2.45) is 0 Å². The molecule has 74 valence electrons. The Morgan fingerprint density at radius 3 is 3.00 bits per heavy atom. The summed E-state index contributed by atoms with van der Waals surface area (Å²) >= 11 is 0. The Labute approximate surface area is 82.9 Å². The second-order valence-electron chi connectivity index (χ2n) is 4.02. The molecule has 1 aromatic rings. The average Bonchev–Trinajstić information content (AvgIpc) is 2.78. The fraction of sp³-hybridized carbons (Fsp3) is 0.455. The van der Waals surface area contributed by atoms with E-state index in [-0.39, 0.29) is 0 Å². The van der Waals surface area contributed by atoms with E-state index in [4.69, 9.17) is 4.74 Å². The molecule has 0 aromatic heterocycles. The topological polar surface area (TPSA) is 32.7 Å². The third-order valence-electron chi connectivity index (χ3n) is 3.06. The van der Waals surface area contributed by atoms with Crippen molar-refractivity contribution in [3.05, 3.63) is 24.3 Å². The van der Waals surface area contributed by atoms with E-state index in [0.29, 0.717) is 17.9 Å². The highest BCUT2D eigenvalue weighted by Gasteiger charge is 2.38. The van der Waals surface area contributed by atoms with E-state index < -0.39 is 0 Å². The van der Waals surface area contributed by atoms with Crippen LogP contribution in [0.25, 0.3) is 0 Å². The number of hydrogen-bond donors (Lipinski definition) is 1. The number of benzene rings is 1. The lowest BCUT2D eigenvalue weighted by atomic mass is 10.2. The summed E-state index contributed by atoms with van der Waals surface area (Å²) in [5.74, 6) is 0.339. The van der Waals surface area contributed by atoms with Crippen molar-refractivity contribution in [2.45, 2.75) is 18.6 Å². The number of ether oxygens (including phenoxy) is 1. The molecule has 0 aliphatic carbocycles. The molecule has 1 N–H and O–H groups in total. The van der Waals surface area contributed by atoms with Gasteiger partial charge in [-0.1, -0.05) is 6.07 Å². The van der Waals surface area contributed by atoms with E-state index in [0.717, 1.165) is 25.3 Å². The van der Waals surface area contributed by atoms with Crippen LogP contribution in [-0.2, 0) is 4.74 Å². The van der Waals surface area contributed by atoms with Gasteiger partial charge in [-0.15, -0.1) is 0 Å². The number of anilines is 1. The molecule has 2 unspecified atom stereocenters. The lowest BCUT2D eigenvalue weighted by Gasteiger charge is -2.28. The highest BCUT2D eigenvalue weighted by atomic mass is 16.5. The van der Waals surface area contributed by atoms with Crippen LogP contribution in [0.4, 0.5) is 5.69 Å².